The average molecular weight is 206 g/mol. The smallest absolute Gasteiger partial charge is 0.136 e. The van der Waals surface area contributed by atoms with Crippen molar-refractivity contribution in [2.75, 3.05) is 0 Å². The molecule has 2 rings (SSSR count). The Labute approximate surface area is 90.5 Å². The van der Waals surface area contributed by atoms with Gasteiger partial charge in [-0.3, -0.25) is 9.48 Å². The molecule has 0 bridgehead atoms. The van der Waals surface area contributed by atoms with Gasteiger partial charge in [0.1, 0.15) is 5.78 Å². The maximum atomic E-state index is 11.6. The van der Waals surface area contributed by atoms with Crippen LogP contribution in [0.15, 0.2) is 0 Å². The summed E-state index contributed by atoms with van der Waals surface area (Å²) in [5, 5.41) is 4.35. The van der Waals surface area contributed by atoms with Crippen LogP contribution in [0.25, 0.3) is 0 Å². The van der Waals surface area contributed by atoms with Crippen molar-refractivity contribution >= 4 is 5.78 Å². The Bertz CT molecular complexity index is 389. The summed E-state index contributed by atoms with van der Waals surface area (Å²) in [5.74, 6) is 0.833. The molecule has 0 atom stereocenters. The van der Waals surface area contributed by atoms with E-state index < -0.39 is 0 Å². The van der Waals surface area contributed by atoms with Crippen LogP contribution in [0, 0.1) is 19.8 Å². The zero-order valence-corrected chi connectivity index (χ0v) is 9.71. The van der Waals surface area contributed by atoms with Crippen LogP contribution in [0.5, 0.6) is 0 Å². The van der Waals surface area contributed by atoms with E-state index in [4.69, 9.17) is 0 Å². The lowest BCUT2D eigenvalue weighted by Gasteiger charge is -2.01. The Kier molecular flexibility index (Phi) is 2.63. The number of carbonyl (C=O) groups is 1. The Morgan fingerprint density at radius 3 is 2.60 bits per heavy atom. The van der Waals surface area contributed by atoms with Crippen molar-refractivity contribution in [1.29, 1.82) is 0 Å². The van der Waals surface area contributed by atoms with Gasteiger partial charge in [-0.25, -0.2) is 0 Å². The number of rotatable bonds is 4. The Morgan fingerprint density at radius 1 is 1.47 bits per heavy atom. The van der Waals surface area contributed by atoms with Gasteiger partial charge in [-0.1, -0.05) is 0 Å². The number of aromatic nitrogens is 2. The molecular weight excluding hydrogens is 188 g/mol. The predicted octanol–water partition coefficient (Wildman–Crippen LogP) is 1.95. The highest BCUT2D eigenvalue weighted by molar-refractivity contribution is 5.83. The molecule has 1 aliphatic rings. The van der Waals surface area contributed by atoms with Gasteiger partial charge in [-0.2, -0.15) is 5.10 Å². The minimum atomic E-state index is 0.391. The molecule has 0 radical (unpaired) electrons. The topological polar surface area (TPSA) is 34.9 Å². The molecule has 0 unspecified atom stereocenters. The summed E-state index contributed by atoms with van der Waals surface area (Å²) in [7, 11) is 1.95. The summed E-state index contributed by atoms with van der Waals surface area (Å²) in [6, 6.07) is 0. The molecule has 1 aromatic heterocycles. The van der Waals surface area contributed by atoms with E-state index in [1.54, 1.807) is 0 Å². The lowest BCUT2D eigenvalue weighted by atomic mass is 10.0. The lowest BCUT2D eigenvalue weighted by molar-refractivity contribution is -0.120. The quantitative estimate of drug-likeness (QED) is 0.754. The normalized spacial score (nSPS) is 15.7. The molecule has 0 aliphatic heterocycles. The molecule has 3 nitrogen and oxygen atoms in total. The first-order valence-corrected chi connectivity index (χ1v) is 5.61. The Hall–Kier alpha value is -1.12. The van der Waals surface area contributed by atoms with Crippen LogP contribution in [0.1, 0.15) is 36.2 Å². The summed E-state index contributed by atoms with van der Waals surface area (Å²) in [5.41, 5.74) is 3.51. The highest BCUT2D eigenvalue weighted by atomic mass is 16.1. The summed E-state index contributed by atoms with van der Waals surface area (Å²) in [6.45, 7) is 4.08. The molecule has 0 N–H and O–H groups in total. The monoisotopic (exact) mass is 206 g/mol. The standard InChI is InChI=1S/C12H18N2O/c1-8-11(9(2)14(3)13-8)6-7-12(15)10-4-5-10/h10H,4-7H2,1-3H3. The maximum Gasteiger partial charge on any atom is 0.136 e. The summed E-state index contributed by atoms with van der Waals surface area (Å²) < 4.78 is 1.90. The number of Topliss-reactive ketones (excluding diaryl/α,β-unsaturated/α-hetero) is 1. The van der Waals surface area contributed by atoms with Gasteiger partial charge in [-0.05, 0) is 38.7 Å². The number of ketones is 1. The van der Waals surface area contributed by atoms with E-state index in [1.165, 1.54) is 11.3 Å². The first-order chi connectivity index (χ1) is 7.09. The van der Waals surface area contributed by atoms with Gasteiger partial charge in [-0.15, -0.1) is 0 Å². The highest BCUT2D eigenvalue weighted by Gasteiger charge is 2.29. The van der Waals surface area contributed by atoms with Crippen LogP contribution >= 0.6 is 0 Å². The summed E-state index contributed by atoms with van der Waals surface area (Å²) in [6.07, 6.45) is 3.78. The van der Waals surface area contributed by atoms with Crippen molar-refractivity contribution in [3.63, 3.8) is 0 Å². The van der Waals surface area contributed by atoms with Crippen molar-refractivity contribution in [2.45, 2.75) is 39.5 Å². The molecule has 0 aromatic carbocycles. The molecule has 1 heterocycles. The Morgan fingerprint density at radius 2 is 2.13 bits per heavy atom. The fourth-order valence-corrected chi connectivity index (χ4v) is 2.04. The largest absolute Gasteiger partial charge is 0.299 e. The van der Waals surface area contributed by atoms with Gasteiger partial charge in [0.25, 0.3) is 0 Å². The van der Waals surface area contributed by atoms with Crippen LogP contribution in [-0.2, 0) is 18.3 Å². The van der Waals surface area contributed by atoms with Crippen molar-refractivity contribution in [2.24, 2.45) is 13.0 Å². The van der Waals surface area contributed by atoms with Gasteiger partial charge in [0.15, 0.2) is 0 Å². The van der Waals surface area contributed by atoms with Crippen molar-refractivity contribution in [1.82, 2.24) is 9.78 Å². The van der Waals surface area contributed by atoms with Gasteiger partial charge in [0, 0.05) is 25.1 Å². The number of carbonyl (C=O) groups excluding carboxylic acids is 1. The molecule has 0 saturated heterocycles. The number of aryl methyl sites for hydroxylation is 2. The third-order valence-corrected chi connectivity index (χ3v) is 3.31. The van der Waals surface area contributed by atoms with E-state index in [9.17, 15) is 4.79 Å². The fourth-order valence-electron chi connectivity index (χ4n) is 2.04. The van der Waals surface area contributed by atoms with Crippen molar-refractivity contribution in [3.8, 4) is 0 Å². The van der Waals surface area contributed by atoms with Gasteiger partial charge in [0.2, 0.25) is 0 Å². The molecule has 1 aromatic rings. The first-order valence-electron chi connectivity index (χ1n) is 5.61. The maximum absolute atomic E-state index is 11.6. The number of hydrogen-bond acceptors (Lipinski definition) is 2. The second-order valence-corrected chi connectivity index (χ2v) is 4.51. The number of nitrogens with zero attached hydrogens (tertiary/aromatic N) is 2. The zero-order valence-electron chi connectivity index (χ0n) is 9.71. The SMILES string of the molecule is Cc1nn(C)c(C)c1CCC(=O)C1CC1. The zero-order chi connectivity index (χ0) is 11.0. The fraction of sp³-hybridized carbons (Fsp3) is 0.667. The van der Waals surface area contributed by atoms with Crippen LogP contribution in [0.2, 0.25) is 0 Å². The van der Waals surface area contributed by atoms with E-state index in [0.29, 0.717) is 18.1 Å². The van der Waals surface area contributed by atoms with Gasteiger partial charge >= 0.3 is 0 Å². The van der Waals surface area contributed by atoms with E-state index >= 15 is 0 Å². The lowest BCUT2D eigenvalue weighted by Crippen LogP contribution is -2.03. The van der Waals surface area contributed by atoms with Crippen molar-refractivity contribution < 1.29 is 4.79 Å². The Balaban J connectivity index is 2.00. The van der Waals surface area contributed by atoms with E-state index in [2.05, 4.69) is 12.0 Å². The first kappa shape index (κ1) is 10.4. The van der Waals surface area contributed by atoms with E-state index in [1.807, 2.05) is 18.7 Å². The highest BCUT2D eigenvalue weighted by Crippen LogP contribution is 2.31. The van der Waals surface area contributed by atoms with Crippen LogP contribution in [-0.4, -0.2) is 15.6 Å². The molecule has 1 fully saturated rings. The molecule has 0 amide bonds. The van der Waals surface area contributed by atoms with E-state index in [-0.39, 0.29) is 0 Å². The minimum Gasteiger partial charge on any atom is -0.299 e. The molecular formula is C12H18N2O. The molecule has 15 heavy (non-hydrogen) atoms. The molecule has 1 saturated carbocycles. The predicted molar refractivity (Wildman–Crippen MR) is 58.7 cm³/mol. The molecule has 82 valence electrons. The molecule has 1 aliphatic carbocycles. The number of hydrogen-bond donors (Lipinski definition) is 0. The second kappa shape index (κ2) is 3.80. The summed E-state index contributed by atoms with van der Waals surface area (Å²) in [4.78, 5) is 11.6. The third-order valence-electron chi connectivity index (χ3n) is 3.31. The van der Waals surface area contributed by atoms with Gasteiger partial charge in [0.05, 0.1) is 5.69 Å². The van der Waals surface area contributed by atoms with Crippen LogP contribution < -0.4 is 0 Å². The van der Waals surface area contributed by atoms with Crippen molar-refractivity contribution in [3.05, 3.63) is 17.0 Å². The minimum absolute atomic E-state index is 0.391. The second-order valence-electron chi connectivity index (χ2n) is 4.51. The molecule has 0 spiro atoms. The van der Waals surface area contributed by atoms with Crippen LogP contribution in [0.4, 0.5) is 0 Å². The van der Waals surface area contributed by atoms with E-state index in [0.717, 1.165) is 25.0 Å². The van der Waals surface area contributed by atoms with Crippen LogP contribution in [0.3, 0.4) is 0 Å². The summed E-state index contributed by atoms with van der Waals surface area (Å²) >= 11 is 0. The van der Waals surface area contributed by atoms with Gasteiger partial charge < -0.3 is 0 Å². The third kappa shape index (κ3) is 2.11. The average Bonchev–Trinajstić information content (AvgIpc) is 2.96. The molecule has 3 heteroatoms.